The number of cyclic esters (lactones) is 1. The van der Waals surface area contributed by atoms with Crippen LogP contribution in [0.4, 0.5) is 14.7 Å². The Morgan fingerprint density at radius 1 is 1.29 bits per heavy atom. The van der Waals surface area contributed by atoms with E-state index in [-0.39, 0.29) is 23.5 Å². The summed E-state index contributed by atoms with van der Waals surface area (Å²) in [7, 11) is 0. The monoisotopic (exact) mass is 554 g/mol. The second-order valence-electron chi connectivity index (χ2n) is 10.2. The maximum Gasteiger partial charge on any atom is 0.413 e. The van der Waals surface area contributed by atoms with E-state index >= 15 is 0 Å². The molecule has 2 aliphatic heterocycles. The molecule has 0 unspecified atom stereocenters. The number of hydrogen-bond acceptors (Lipinski definition) is 11. The quantitative estimate of drug-likeness (QED) is 0.193. The molecule has 1 aromatic heterocycles. The molecule has 0 aliphatic carbocycles. The maximum absolute atomic E-state index is 13.2. The van der Waals surface area contributed by atoms with Crippen LogP contribution in [-0.4, -0.2) is 93.2 Å². The third-order valence-electron chi connectivity index (χ3n) is 5.20. The van der Waals surface area contributed by atoms with Crippen LogP contribution in [0.1, 0.15) is 47.2 Å². The minimum absolute atomic E-state index is 0.0482. The molecule has 0 radical (unpaired) electrons. The molecule has 1 aromatic rings. The summed E-state index contributed by atoms with van der Waals surface area (Å²) in [6, 6.07) is -1.61. The van der Waals surface area contributed by atoms with Crippen molar-refractivity contribution >= 4 is 52.2 Å². The summed E-state index contributed by atoms with van der Waals surface area (Å²) in [6.45, 7) is 9.71. The van der Waals surface area contributed by atoms with Crippen molar-refractivity contribution in [3.63, 3.8) is 0 Å². The van der Waals surface area contributed by atoms with Gasteiger partial charge in [0.05, 0.1) is 12.6 Å². The van der Waals surface area contributed by atoms with Crippen molar-refractivity contribution in [1.82, 2.24) is 20.5 Å². The summed E-state index contributed by atoms with van der Waals surface area (Å²) in [5.74, 6) is -2.71. The Labute approximate surface area is 221 Å². The van der Waals surface area contributed by atoms with E-state index in [4.69, 9.17) is 14.3 Å². The van der Waals surface area contributed by atoms with E-state index < -0.39 is 59.0 Å². The molecule has 3 heterocycles. The molecule has 2 saturated heterocycles. The Kier molecular flexibility index (Phi) is 8.14. The van der Waals surface area contributed by atoms with Gasteiger partial charge < -0.3 is 35.0 Å². The number of ether oxygens (including phenoxy) is 2. The highest BCUT2D eigenvalue weighted by Gasteiger charge is 2.44. The summed E-state index contributed by atoms with van der Waals surface area (Å²) in [4.78, 5) is 71.5. The van der Waals surface area contributed by atoms with Crippen molar-refractivity contribution in [1.29, 1.82) is 0 Å². The van der Waals surface area contributed by atoms with Crippen molar-refractivity contribution in [3.05, 3.63) is 11.1 Å². The number of oxime groups is 1. The van der Waals surface area contributed by atoms with Gasteiger partial charge in [-0.1, -0.05) is 5.16 Å². The molecule has 4 N–H and O–H groups in total. The average molecular weight is 555 g/mol. The van der Waals surface area contributed by atoms with Gasteiger partial charge in [-0.25, -0.2) is 19.4 Å². The second-order valence-corrected chi connectivity index (χ2v) is 11.0. The van der Waals surface area contributed by atoms with E-state index in [2.05, 4.69) is 26.1 Å². The van der Waals surface area contributed by atoms with Gasteiger partial charge in [0.25, 0.3) is 5.91 Å². The first-order chi connectivity index (χ1) is 17.6. The van der Waals surface area contributed by atoms with Crippen LogP contribution in [0.15, 0.2) is 10.5 Å². The lowest BCUT2D eigenvalue weighted by Gasteiger charge is -2.38. The zero-order valence-electron chi connectivity index (χ0n) is 21.7. The highest BCUT2D eigenvalue weighted by molar-refractivity contribution is 7.14. The molecule has 2 fully saturated rings. The first kappa shape index (κ1) is 28.6. The SMILES string of the molecule is C[C@@H]1CN(C[C@H]2NC(=O)[C@H]2NC(=O)/C(=N\OC(C)(C)C(=O)O)c2csc(NC(=O)OC(C)(C)C)n2)C(=O)O1. The van der Waals surface area contributed by atoms with Crippen LogP contribution in [-0.2, 0) is 28.7 Å². The summed E-state index contributed by atoms with van der Waals surface area (Å²) < 4.78 is 10.3. The predicted octanol–water partition coefficient (Wildman–Crippen LogP) is 0.898. The topological polar surface area (TPSA) is 198 Å². The normalized spacial score (nSPS) is 21.7. The molecule has 38 heavy (non-hydrogen) atoms. The number of carbonyl (C=O) groups is 5. The van der Waals surface area contributed by atoms with Crippen LogP contribution in [0.2, 0.25) is 0 Å². The Balaban J connectivity index is 1.78. The zero-order valence-corrected chi connectivity index (χ0v) is 22.5. The smallest absolute Gasteiger partial charge is 0.413 e. The molecular formula is C22H30N6O9S. The lowest BCUT2D eigenvalue weighted by molar-refractivity contribution is -0.161. The van der Waals surface area contributed by atoms with E-state index in [1.807, 2.05) is 0 Å². The van der Waals surface area contributed by atoms with Crippen LogP contribution in [0.5, 0.6) is 0 Å². The molecule has 4 amide bonds. The van der Waals surface area contributed by atoms with Gasteiger partial charge in [-0.3, -0.25) is 14.9 Å². The van der Waals surface area contributed by atoms with Crippen molar-refractivity contribution in [2.75, 3.05) is 18.4 Å². The average Bonchev–Trinajstić information content (AvgIpc) is 3.35. The van der Waals surface area contributed by atoms with Crippen molar-refractivity contribution in [3.8, 4) is 0 Å². The Bertz CT molecular complexity index is 1160. The maximum atomic E-state index is 13.2. The molecule has 0 aromatic carbocycles. The first-order valence-electron chi connectivity index (χ1n) is 11.6. The molecule has 3 atom stereocenters. The summed E-state index contributed by atoms with van der Waals surface area (Å²) in [6.07, 6.45) is -1.59. The van der Waals surface area contributed by atoms with Gasteiger partial charge in [-0.2, -0.15) is 0 Å². The fraction of sp³-hybridized carbons (Fsp3) is 0.591. The number of thiazole rings is 1. The van der Waals surface area contributed by atoms with Crippen molar-refractivity contribution in [2.45, 2.75) is 70.9 Å². The van der Waals surface area contributed by atoms with Gasteiger partial charge in [0.2, 0.25) is 11.5 Å². The fourth-order valence-corrected chi connectivity index (χ4v) is 3.94. The number of carbonyl (C=O) groups excluding carboxylic acids is 4. The van der Waals surface area contributed by atoms with Gasteiger partial charge in [0, 0.05) is 11.9 Å². The number of carboxylic acid groups (broad SMARTS) is 1. The van der Waals surface area contributed by atoms with Gasteiger partial charge in [-0.05, 0) is 41.5 Å². The number of carboxylic acids is 1. The predicted molar refractivity (Wildman–Crippen MR) is 133 cm³/mol. The summed E-state index contributed by atoms with van der Waals surface area (Å²) in [5.41, 5.74) is -3.02. The summed E-state index contributed by atoms with van der Waals surface area (Å²) in [5, 5.41) is 22.1. The summed E-state index contributed by atoms with van der Waals surface area (Å²) >= 11 is 0.958. The molecule has 15 nitrogen and oxygen atoms in total. The van der Waals surface area contributed by atoms with Crippen LogP contribution in [0, 0.1) is 0 Å². The van der Waals surface area contributed by atoms with Gasteiger partial charge in [-0.15, -0.1) is 11.3 Å². The molecular weight excluding hydrogens is 524 g/mol. The lowest BCUT2D eigenvalue weighted by atomic mass is 9.98. The van der Waals surface area contributed by atoms with E-state index in [0.717, 1.165) is 11.3 Å². The second kappa shape index (κ2) is 10.8. The number of amides is 4. The van der Waals surface area contributed by atoms with E-state index in [1.165, 1.54) is 24.1 Å². The number of rotatable bonds is 9. The molecule has 0 saturated carbocycles. The van der Waals surface area contributed by atoms with Crippen LogP contribution in [0.3, 0.4) is 0 Å². The van der Waals surface area contributed by atoms with Gasteiger partial charge in [0.1, 0.15) is 23.4 Å². The molecule has 0 spiro atoms. The van der Waals surface area contributed by atoms with E-state index in [1.54, 1.807) is 27.7 Å². The number of nitrogens with one attached hydrogen (secondary N) is 3. The zero-order chi connectivity index (χ0) is 28.4. The molecule has 16 heteroatoms. The minimum atomic E-state index is -1.79. The number of nitrogens with zero attached hydrogens (tertiary/aromatic N) is 3. The van der Waals surface area contributed by atoms with E-state index in [0.29, 0.717) is 6.54 Å². The number of β-lactam (4-membered cyclic amide) rings is 1. The Morgan fingerprint density at radius 3 is 2.53 bits per heavy atom. The highest BCUT2D eigenvalue weighted by Crippen LogP contribution is 2.20. The molecule has 3 rings (SSSR count). The standard InChI is InChI=1S/C22H30N6O9S/c1-10-7-28(20(34)35-10)8-11-13(15(29)23-11)25-16(30)14(27-37-22(5,6)17(31)32)12-9-38-18(24-12)26-19(33)36-21(2,3)4/h9-11,13H,7-8H2,1-6H3,(H,23,29)(H,25,30)(H,31,32)(H,24,26,33)/b27-14-/t10-,11-,13+/m1/s1. The van der Waals surface area contributed by atoms with Crippen molar-refractivity contribution in [2.24, 2.45) is 5.16 Å². The number of aliphatic carboxylic acids is 1. The fourth-order valence-electron chi connectivity index (χ4n) is 3.26. The Morgan fingerprint density at radius 2 is 1.97 bits per heavy atom. The molecule has 208 valence electrons. The highest BCUT2D eigenvalue weighted by atomic mass is 32.1. The van der Waals surface area contributed by atoms with Crippen LogP contribution < -0.4 is 16.0 Å². The van der Waals surface area contributed by atoms with Gasteiger partial charge in [0.15, 0.2) is 10.8 Å². The lowest BCUT2D eigenvalue weighted by Crippen LogP contribution is -2.72. The van der Waals surface area contributed by atoms with Crippen LogP contribution >= 0.6 is 11.3 Å². The van der Waals surface area contributed by atoms with Gasteiger partial charge >= 0.3 is 18.2 Å². The number of aromatic nitrogens is 1. The largest absolute Gasteiger partial charge is 0.478 e. The van der Waals surface area contributed by atoms with Crippen molar-refractivity contribution < 1.29 is 43.4 Å². The number of anilines is 1. The molecule has 0 bridgehead atoms. The molecule has 2 aliphatic rings. The number of hydrogen-bond donors (Lipinski definition) is 4. The third kappa shape index (κ3) is 7.08. The minimum Gasteiger partial charge on any atom is -0.478 e. The third-order valence-corrected chi connectivity index (χ3v) is 5.96. The first-order valence-corrected chi connectivity index (χ1v) is 12.5. The van der Waals surface area contributed by atoms with Crippen LogP contribution in [0.25, 0.3) is 0 Å². The van der Waals surface area contributed by atoms with E-state index in [9.17, 15) is 29.1 Å². The Hall–Kier alpha value is -3.95.